The second kappa shape index (κ2) is 11.9. The van der Waals surface area contributed by atoms with Crippen molar-refractivity contribution in [3.63, 3.8) is 0 Å². The van der Waals surface area contributed by atoms with Crippen molar-refractivity contribution in [2.75, 3.05) is 29.7 Å². The van der Waals surface area contributed by atoms with Crippen molar-refractivity contribution >= 4 is 46.2 Å². The lowest BCUT2D eigenvalue weighted by Crippen LogP contribution is -2.52. The van der Waals surface area contributed by atoms with Crippen molar-refractivity contribution in [3.8, 4) is 22.6 Å². The monoisotopic (exact) mass is 614 g/mol. The Bertz CT molecular complexity index is 1810. The lowest BCUT2D eigenvalue weighted by molar-refractivity contribution is -0.385. The predicted molar refractivity (Wildman–Crippen MR) is 171 cm³/mol. The maximum Gasteiger partial charge on any atom is 0.273 e. The summed E-state index contributed by atoms with van der Waals surface area (Å²) in [6, 6.07) is 20.3. The number of methoxy groups -OCH3 is 1. The minimum Gasteiger partial charge on any atom is -0.496 e. The Kier molecular flexibility index (Phi) is 8.21. The fraction of sp³-hybridized carbons (Fsp3) is 0.212. The van der Waals surface area contributed by atoms with Crippen LogP contribution >= 0.6 is 11.6 Å². The van der Waals surface area contributed by atoms with Crippen LogP contribution in [0.5, 0.6) is 11.5 Å². The fourth-order valence-electron chi connectivity index (χ4n) is 5.27. The van der Waals surface area contributed by atoms with Gasteiger partial charge in [-0.15, -0.1) is 0 Å². The minimum atomic E-state index is -0.836. The number of rotatable bonds is 8. The maximum atomic E-state index is 13.3. The number of nitro benzene ring substituents is 1. The van der Waals surface area contributed by atoms with Gasteiger partial charge in [0, 0.05) is 36.0 Å². The zero-order valence-corrected chi connectivity index (χ0v) is 25.6. The van der Waals surface area contributed by atoms with Gasteiger partial charge in [-0.1, -0.05) is 29.8 Å². The second-order valence-corrected chi connectivity index (χ2v) is 11.4. The summed E-state index contributed by atoms with van der Waals surface area (Å²) in [6.45, 7) is 5.42. The first-order valence-electron chi connectivity index (χ1n) is 13.8. The number of carbonyl (C=O) groups excluding carboxylic acids is 2. The Labute approximate surface area is 259 Å². The SMILES string of the molecule is COc1cc(NC(=O)c2ccccc2Cl)ccc1-c1ccc2c(c1COc1cc([N+](=O)[O-])ccc1C)N(C)C(=O)C(C)(C)N2. The van der Waals surface area contributed by atoms with Crippen molar-refractivity contribution in [2.45, 2.75) is 32.9 Å². The second-order valence-electron chi connectivity index (χ2n) is 10.9. The van der Waals surface area contributed by atoms with E-state index in [9.17, 15) is 19.7 Å². The van der Waals surface area contributed by atoms with Crippen LogP contribution in [0, 0.1) is 17.0 Å². The number of non-ortho nitro benzene ring substituents is 1. The van der Waals surface area contributed by atoms with Crippen LogP contribution in [0.25, 0.3) is 11.1 Å². The Hall–Kier alpha value is -5.09. The fourth-order valence-corrected chi connectivity index (χ4v) is 5.49. The van der Waals surface area contributed by atoms with Crippen LogP contribution in [-0.4, -0.2) is 36.4 Å². The van der Waals surface area contributed by atoms with E-state index in [0.29, 0.717) is 50.2 Å². The van der Waals surface area contributed by atoms with Crippen LogP contribution in [0.2, 0.25) is 5.02 Å². The highest BCUT2D eigenvalue weighted by Gasteiger charge is 2.38. The first kappa shape index (κ1) is 30.4. The van der Waals surface area contributed by atoms with Gasteiger partial charge in [-0.2, -0.15) is 0 Å². The van der Waals surface area contributed by atoms with Gasteiger partial charge in [0.2, 0.25) is 0 Å². The van der Waals surface area contributed by atoms with Crippen LogP contribution < -0.4 is 25.0 Å². The Morgan fingerprint density at radius 3 is 2.48 bits per heavy atom. The molecule has 0 bridgehead atoms. The van der Waals surface area contributed by atoms with Gasteiger partial charge in [-0.05, 0) is 68.3 Å². The number of benzene rings is 4. The van der Waals surface area contributed by atoms with Crippen LogP contribution in [0.4, 0.5) is 22.7 Å². The van der Waals surface area contributed by atoms with E-state index in [2.05, 4.69) is 10.6 Å². The number of hydrogen-bond donors (Lipinski definition) is 2. The molecule has 0 saturated carbocycles. The molecular weight excluding hydrogens is 584 g/mol. The number of carbonyl (C=O) groups is 2. The minimum absolute atomic E-state index is 0.00556. The van der Waals surface area contributed by atoms with Gasteiger partial charge < -0.3 is 25.0 Å². The number of ether oxygens (including phenoxy) is 2. The number of nitrogens with zero attached hydrogens (tertiary/aromatic N) is 2. The maximum absolute atomic E-state index is 13.3. The molecule has 4 aromatic rings. The molecule has 4 aromatic carbocycles. The molecule has 2 amide bonds. The van der Waals surface area contributed by atoms with Crippen molar-refractivity contribution < 1.29 is 24.0 Å². The summed E-state index contributed by atoms with van der Waals surface area (Å²) in [6.07, 6.45) is 0. The lowest BCUT2D eigenvalue weighted by Gasteiger charge is -2.39. The molecule has 1 heterocycles. The van der Waals surface area contributed by atoms with Gasteiger partial charge in [-0.25, -0.2) is 0 Å². The van der Waals surface area contributed by atoms with E-state index < -0.39 is 10.5 Å². The summed E-state index contributed by atoms with van der Waals surface area (Å²) in [5, 5.41) is 17.9. The van der Waals surface area contributed by atoms with Crippen molar-refractivity contribution in [1.82, 2.24) is 0 Å². The molecule has 0 unspecified atom stereocenters. The molecule has 44 heavy (non-hydrogen) atoms. The third kappa shape index (κ3) is 5.76. The summed E-state index contributed by atoms with van der Waals surface area (Å²) < 4.78 is 12.0. The molecule has 0 aliphatic carbocycles. The number of nitro groups is 1. The Morgan fingerprint density at radius 2 is 1.77 bits per heavy atom. The zero-order valence-electron chi connectivity index (χ0n) is 24.9. The third-order valence-electron chi connectivity index (χ3n) is 7.53. The molecule has 0 radical (unpaired) electrons. The van der Waals surface area contributed by atoms with E-state index in [1.807, 2.05) is 32.0 Å². The van der Waals surface area contributed by atoms with Crippen LogP contribution in [0.1, 0.15) is 35.3 Å². The number of amides is 2. The molecule has 5 rings (SSSR count). The number of likely N-dealkylation sites (N-methyl/N-ethyl adjacent to an activating group) is 1. The highest BCUT2D eigenvalue weighted by atomic mass is 35.5. The number of fused-ring (bicyclic) bond motifs is 1. The van der Waals surface area contributed by atoms with E-state index >= 15 is 0 Å². The van der Waals surface area contributed by atoms with Gasteiger partial charge in [0.15, 0.2) is 0 Å². The molecule has 226 valence electrons. The summed E-state index contributed by atoms with van der Waals surface area (Å²) in [7, 11) is 3.24. The van der Waals surface area contributed by atoms with Crippen LogP contribution in [-0.2, 0) is 11.4 Å². The van der Waals surface area contributed by atoms with Crippen LogP contribution in [0.3, 0.4) is 0 Å². The average molecular weight is 615 g/mol. The first-order chi connectivity index (χ1) is 20.9. The van der Waals surface area contributed by atoms with E-state index in [4.69, 9.17) is 21.1 Å². The summed E-state index contributed by atoms with van der Waals surface area (Å²) in [4.78, 5) is 38.8. The summed E-state index contributed by atoms with van der Waals surface area (Å²) >= 11 is 6.21. The molecule has 0 atom stereocenters. The molecular formula is C33H31ClN4O6. The molecule has 1 aliphatic rings. The molecule has 0 spiro atoms. The molecule has 2 N–H and O–H groups in total. The molecule has 0 saturated heterocycles. The number of anilines is 3. The first-order valence-corrected chi connectivity index (χ1v) is 14.1. The number of halogens is 1. The predicted octanol–water partition coefficient (Wildman–Crippen LogP) is 7.23. The Balaban J connectivity index is 1.58. The number of aryl methyl sites for hydroxylation is 1. The van der Waals surface area contributed by atoms with Crippen molar-refractivity contribution in [2.24, 2.45) is 0 Å². The van der Waals surface area contributed by atoms with E-state index in [-0.39, 0.29) is 24.1 Å². The molecule has 10 nitrogen and oxygen atoms in total. The topological polar surface area (TPSA) is 123 Å². The van der Waals surface area contributed by atoms with Crippen molar-refractivity contribution in [3.05, 3.63) is 105 Å². The van der Waals surface area contributed by atoms with E-state index in [0.717, 1.165) is 11.3 Å². The van der Waals surface area contributed by atoms with Gasteiger partial charge in [0.25, 0.3) is 17.5 Å². The highest BCUT2D eigenvalue weighted by molar-refractivity contribution is 6.34. The number of hydrogen-bond acceptors (Lipinski definition) is 7. The summed E-state index contributed by atoms with van der Waals surface area (Å²) in [5.74, 6) is 0.312. The van der Waals surface area contributed by atoms with Gasteiger partial charge in [-0.3, -0.25) is 19.7 Å². The van der Waals surface area contributed by atoms with Gasteiger partial charge in [0.05, 0.1) is 40.1 Å². The normalized spacial score (nSPS) is 13.5. The molecule has 0 fully saturated rings. The Morgan fingerprint density at radius 1 is 1.05 bits per heavy atom. The lowest BCUT2D eigenvalue weighted by atomic mass is 9.91. The zero-order chi connectivity index (χ0) is 31.8. The van der Waals surface area contributed by atoms with Gasteiger partial charge in [0.1, 0.15) is 23.6 Å². The third-order valence-corrected chi connectivity index (χ3v) is 7.86. The van der Waals surface area contributed by atoms with Gasteiger partial charge >= 0.3 is 0 Å². The number of nitrogens with one attached hydrogen (secondary N) is 2. The molecule has 0 aromatic heterocycles. The quantitative estimate of drug-likeness (QED) is 0.158. The largest absolute Gasteiger partial charge is 0.496 e. The smallest absolute Gasteiger partial charge is 0.273 e. The molecule has 1 aliphatic heterocycles. The molecule has 11 heteroatoms. The van der Waals surface area contributed by atoms with E-state index in [1.165, 1.54) is 19.2 Å². The summed E-state index contributed by atoms with van der Waals surface area (Å²) in [5.41, 5.74) is 4.05. The highest BCUT2D eigenvalue weighted by Crippen LogP contribution is 2.45. The average Bonchev–Trinajstić information content (AvgIpc) is 2.99. The standard InChI is InChI=1S/C33H31ClN4O6/c1-19-10-12-21(38(41)42)17-28(19)44-18-25-22(14-15-27-30(25)37(4)32(40)33(2,3)36-27)23-13-11-20(16-29(23)43-5)35-31(39)24-8-6-7-9-26(24)34/h6-17,36H,18H2,1-5H3,(H,35,39). The van der Waals surface area contributed by atoms with E-state index in [1.54, 1.807) is 61.3 Å². The van der Waals surface area contributed by atoms with Crippen molar-refractivity contribution in [1.29, 1.82) is 0 Å². The van der Waals surface area contributed by atoms with Crippen LogP contribution in [0.15, 0.2) is 72.8 Å².